The monoisotopic (exact) mass is 288 g/mol. The van der Waals surface area contributed by atoms with Crippen LogP contribution >= 0.6 is 0 Å². The maximum absolute atomic E-state index is 12.8. The number of anilines is 1. The summed E-state index contributed by atoms with van der Waals surface area (Å²) in [6.07, 6.45) is -3.46. The molecule has 0 bridgehead atoms. The van der Waals surface area contributed by atoms with Gasteiger partial charge in [0.15, 0.2) is 5.75 Å². The van der Waals surface area contributed by atoms with Crippen LogP contribution in [0, 0.1) is 0 Å². The summed E-state index contributed by atoms with van der Waals surface area (Å²) >= 11 is 0. The van der Waals surface area contributed by atoms with E-state index in [1.165, 1.54) is 6.07 Å². The van der Waals surface area contributed by atoms with Crippen LogP contribution in [-0.2, 0) is 6.18 Å². The van der Waals surface area contributed by atoms with E-state index in [9.17, 15) is 18.3 Å². The molecule has 1 N–H and O–H groups in total. The minimum atomic E-state index is -4.52. The second-order valence-corrected chi connectivity index (χ2v) is 5.00. The molecule has 1 saturated heterocycles. The van der Waals surface area contributed by atoms with Crippen LogP contribution in [-0.4, -0.2) is 42.7 Å². The van der Waals surface area contributed by atoms with Crippen LogP contribution in [0.5, 0.6) is 5.75 Å². The Morgan fingerprint density at radius 2 is 1.80 bits per heavy atom. The summed E-state index contributed by atoms with van der Waals surface area (Å²) in [5.41, 5.74) is -0.693. The van der Waals surface area contributed by atoms with Gasteiger partial charge in [-0.25, -0.2) is 0 Å². The van der Waals surface area contributed by atoms with Gasteiger partial charge in [-0.2, -0.15) is 13.2 Å². The average Bonchev–Trinajstić information content (AvgIpc) is 2.39. The molecule has 0 radical (unpaired) electrons. The van der Waals surface area contributed by atoms with Crippen molar-refractivity contribution < 1.29 is 18.3 Å². The van der Waals surface area contributed by atoms with Crippen LogP contribution in [0.15, 0.2) is 18.2 Å². The third-order valence-electron chi connectivity index (χ3n) is 3.57. The molecule has 1 aromatic rings. The third-order valence-corrected chi connectivity index (χ3v) is 3.57. The third kappa shape index (κ3) is 3.17. The van der Waals surface area contributed by atoms with E-state index in [0.717, 1.165) is 32.1 Å². The van der Waals surface area contributed by atoms with Crippen LogP contribution in [0.25, 0.3) is 0 Å². The van der Waals surface area contributed by atoms with Crippen molar-refractivity contribution in [2.24, 2.45) is 0 Å². The SMILES string of the molecule is CCCN1CCN(c2cccc(C(F)(F)F)c2O)CC1. The number of halogens is 3. The van der Waals surface area contributed by atoms with E-state index in [2.05, 4.69) is 11.8 Å². The summed E-state index contributed by atoms with van der Waals surface area (Å²) < 4.78 is 38.3. The molecule has 1 aromatic carbocycles. The first-order valence-corrected chi connectivity index (χ1v) is 6.80. The molecule has 0 unspecified atom stereocenters. The molecule has 0 saturated carbocycles. The molecule has 20 heavy (non-hydrogen) atoms. The fourth-order valence-electron chi connectivity index (χ4n) is 2.54. The minimum Gasteiger partial charge on any atom is -0.505 e. The Morgan fingerprint density at radius 3 is 2.35 bits per heavy atom. The maximum atomic E-state index is 12.8. The Labute approximate surface area is 116 Å². The van der Waals surface area contributed by atoms with Crippen molar-refractivity contribution in [2.45, 2.75) is 19.5 Å². The van der Waals surface area contributed by atoms with Gasteiger partial charge in [0.2, 0.25) is 0 Å². The second-order valence-electron chi connectivity index (χ2n) is 5.00. The van der Waals surface area contributed by atoms with Crippen LogP contribution in [0.1, 0.15) is 18.9 Å². The Bertz CT molecular complexity index is 454. The van der Waals surface area contributed by atoms with Crippen LogP contribution in [0.2, 0.25) is 0 Å². The molecule has 112 valence electrons. The van der Waals surface area contributed by atoms with E-state index < -0.39 is 17.5 Å². The number of nitrogens with zero attached hydrogens (tertiary/aromatic N) is 2. The number of hydrogen-bond donors (Lipinski definition) is 1. The van der Waals surface area contributed by atoms with Gasteiger partial charge < -0.3 is 10.0 Å². The molecule has 1 aliphatic rings. The van der Waals surface area contributed by atoms with E-state index in [4.69, 9.17) is 0 Å². The Morgan fingerprint density at radius 1 is 1.15 bits per heavy atom. The highest BCUT2D eigenvalue weighted by Gasteiger charge is 2.35. The van der Waals surface area contributed by atoms with Crippen LogP contribution in [0.4, 0.5) is 18.9 Å². The highest BCUT2D eigenvalue weighted by atomic mass is 19.4. The lowest BCUT2D eigenvalue weighted by Crippen LogP contribution is -2.46. The number of para-hydroxylation sites is 1. The summed E-state index contributed by atoms with van der Waals surface area (Å²) in [6.45, 7) is 5.99. The lowest BCUT2D eigenvalue weighted by molar-refractivity contribution is -0.138. The number of aromatic hydroxyl groups is 1. The first-order chi connectivity index (χ1) is 9.43. The summed E-state index contributed by atoms with van der Waals surface area (Å²) in [5.74, 6) is -0.663. The van der Waals surface area contributed by atoms with Gasteiger partial charge in [-0.3, -0.25) is 4.90 Å². The van der Waals surface area contributed by atoms with Crippen molar-refractivity contribution in [1.82, 2.24) is 4.90 Å². The normalized spacial score (nSPS) is 17.5. The zero-order chi connectivity index (χ0) is 14.8. The van der Waals surface area contributed by atoms with Crippen LogP contribution < -0.4 is 4.90 Å². The molecule has 0 aliphatic carbocycles. The Kier molecular flexibility index (Phi) is 4.42. The van der Waals surface area contributed by atoms with Gasteiger partial charge in [-0.15, -0.1) is 0 Å². The number of rotatable bonds is 3. The zero-order valence-electron chi connectivity index (χ0n) is 11.5. The highest BCUT2D eigenvalue weighted by molar-refractivity contribution is 5.62. The van der Waals surface area contributed by atoms with Crippen molar-refractivity contribution >= 4 is 5.69 Å². The fraction of sp³-hybridized carbons (Fsp3) is 0.571. The number of piperazine rings is 1. The van der Waals surface area contributed by atoms with Gasteiger partial charge in [-0.1, -0.05) is 13.0 Å². The quantitative estimate of drug-likeness (QED) is 0.926. The number of alkyl halides is 3. The number of hydrogen-bond acceptors (Lipinski definition) is 3. The predicted octanol–water partition coefficient (Wildman–Crippen LogP) is 2.94. The number of benzene rings is 1. The lowest BCUT2D eigenvalue weighted by atomic mass is 10.1. The highest BCUT2D eigenvalue weighted by Crippen LogP contribution is 2.41. The Hall–Kier alpha value is -1.43. The van der Waals surface area contributed by atoms with Gasteiger partial charge in [0, 0.05) is 26.2 Å². The van der Waals surface area contributed by atoms with Gasteiger partial charge in [-0.05, 0) is 25.1 Å². The molecule has 0 aromatic heterocycles. The van der Waals surface area contributed by atoms with Gasteiger partial charge in [0.25, 0.3) is 0 Å². The van der Waals surface area contributed by atoms with Crippen molar-refractivity contribution in [1.29, 1.82) is 0 Å². The molecule has 3 nitrogen and oxygen atoms in total. The average molecular weight is 288 g/mol. The molecule has 0 spiro atoms. The molecular formula is C14H19F3N2O. The zero-order valence-corrected chi connectivity index (χ0v) is 11.5. The molecule has 1 fully saturated rings. The molecule has 0 amide bonds. The predicted molar refractivity (Wildman–Crippen MR) is 72.1 cm³/mol. The van der Waals surface area contributed by atoms with Crippen LogP contribution in [0.3, 0.4) is 0 Å². The summed E-state index contributed by atoms with van der Waals surface area (Å²) in [6, 6.07) is 3.79. The van der Waals surface area contributed by atoms with Gasteiger partial charge in [0.1, 0.15) is 0 Å². The van der Waals surface area contributed by atoms with Gasteiger partial charge in [0.05, 0.1) is 11.3 Å². The van der Waals surface area contributed by atoms with E-state index in [1.54, 1.807) is 6.07 Å². The molecule has 0 atom stereocenters. The first-order valence-electron chi connectivity index (χ1n) is 6.80. The van der Waals surface area contributed by atoms with E-state index >= 15 is 0 Å². The van der Waals surface area contributed by atoms with Gasteiger partial charge >= 0.3 is 6.18 Å². The van der Waals surface area contributed by atoms with E-state index in [1.807, 2.05) is 4.90 Å². The molecule has 1 heterocycles. The topological polar surface area (TPSA) is 26.7 Å². The molecule has 2 rings (SSSR count). The molecular weight excluding hydrogens is 269 g/mol. The van der Waals surface area contributed by atoms with E-state index in [0.29, 0.717) is 13.1 Å². The summed E-state index contributed by atoms with van der Waals surface area (Å²) in [4.78, 5) is 4.10. The fourth-order valence-corrected chi connectivity index (χ4v) is 2.54. The van der Waals surface area contributed by atoms with Crippen molar-refractivity contribution in [3.8, 4) is 5.75 Å². The molecule has 1 aliphatic heterocycles. The number of phenolic OH excluding ortho intramolecular Hbond substituents is 1. The van der Waals surface area contributed by atoms with Crippen molar-refractivity contribution in [3.05, 3.63) is 23.8 Å². The smallest absolute Gasteiger partial charge is 0.420 e. The standard InChI is InChI=1S/C14H19F3N2O/c1-2-6-18-7-9-19(10-8-18)12-5-3-4-11(13(12)20)14(15,16)17/h3-5,20H,2,6-10H2,1H3. The largest absolute Gasteiger partial charge is 0.505 e. The Balaban J connectivity index is 2.15. The maximum Gasteiger partial charge on any atom is 0.420 e. The summed E-state index contributed by atoms with van der Waals surface area (Å²) in [7, 11) is 0. The number of phenols is 1. The minimum absolute atomic E-state index is 0.274. The lowest BCUT2D eigenvalue weighted by Gasteiger charge is -2.36. The second kappa shape index (κ2) is 5.91. The van der Waals surface area contributed by atoms with Crippen molar-refractivity contribution in [2.75, 3.05) is 37.6 Å². The van der Waals surface area contributed by atoms with Crippen molar-refractivity contribution in [3.63, 3.8) is 0 Å². The first kappa shape index (κ1) is 15.0. The summed E-state index contributed by atoms with van der Waals surface area (Å²) in [5, 5.41) is 9.87. The van der Waals surface area contributed by atoms with E-state index in [-0.39, 0.29) is 5.69 Å². The molecule has 6 heteroatoms.